The molecule has 0 aliphatic carbocycles. The molecule has 5 aromatic rings. The summed E-state index contributed by atoms with van der Waals surface area (Å²) in [7, 11) is 3.88. The van der Waals surface area contributed by atoms with E-state index in [1.807, 2.05) is 31.2 Å². The van der Waals surface area contributed by atoms with E-state index in [0.717, 1.165) is 70.3 Å². The predicted octanol–water partition coefficient (Wildman–Crippen LogP) is 4.50. The van der Waals surface area contributed by atoms with Crippen molar-refractivity contribution in [3.05, 3.63) is 42.9 Å². The van der Waals surface area contributed by atoms with Gasteiger partial charge in [-0.25, -0.2) is 4.68 Å². The highest BCUT2D eigenvalue weighted by atomic mass is 16.5. The molecule has 0 amide bonds. The number of aryl methyl sites for hydroxylation is 2. The number of hydrogen-bond donors (Lipinski definition) is 0. The van der Waals surface area contributed by atoms with Crippen LogP contribution in [0.3, 0.4) is 0 Å². The van der Waals surface area contributed by atoms with E-state index < -0.39 is 0 Å². The molecular formula is C25H27N7O. The van der Waals surface area contributed by atoms with Crippen molar-refractivity contribution in [2.75, 3.05) is 13.2 Å². The summed E-state index contributed by atoms with van der Waals surface area (Å²) in [5.74, 6) is 0.549. The quantitative estimate of drug-likeness (QED) is 0.410. The smallest absolute Gasteiger partial charge is 0.113 e. The topological polar surface area (TPSA) is 75.6 Å². The van der Waals surface area contributed by atoms with Gasteiger partial charge in [-0.3, -0.25) is 9.67 Å². The molecule has 0 radical (unpaired) electrons. The third-order valence-electron chi connectivity index (χ3n) is 7.21. The summed E-state index contributed by atoms with van der Waals surface area (Å²) in [5.41, 5.74) is 7.08. The van der Waals surface area contributed by atoms with Crippen molar-refractivity contribution in [1.29, 1.82) is 0 Å². The first kappa shape index (κ1) is 20.1. The highest BCUT2D eigenvalue weighted by Crippen LogP contribution is 2.40. The second-order valence-corrected chi connectivity index (χ2v) is 8.96. The van der Waals surface area contributed by atoms with E-state index >= 15 is 0 Å². The lowest BCUT2D eigenvalue weighted by Crippen LogP contribution is -2.24. The highest BCUT2D eigenvalue weighted by Gasteiger charge is 2.27. The summed E-state index contributed by atoms with van der Waals surface area (Å²) in [5, 5.41) is 15.3. The number of rotatable bonds is 4. The van der Waals surface area contributed by atoms with Gasteiger partial charge >= 0.3 is 0 Å². The molecule has 1 saturated heterocycles. The Bertz CT molecular complexity index is 1520. The van der Waals surface area contributed by atoms with Crippen molar-refractivity contribution < 1.29 is 4.74 Å². The van der Waals surface area contributed by atoms with Gasteiger partial charge in [-0.15, -0.1) is 5.10 Å². The van der Waals surface area contributed by atoms with Crippen LogP contribution in [0.4, 0.5) is 0 Å². The van der Waals surface area contributed by atoms with E-state index in [-0.39, 0.29) is 0 Å². The second-order valence-electron chi connectivity index (χ2n) is 8.96. The Balaban J connectivity index is 1.67. The molecule has 0 saturated carbocycles. The van der Waals surface area contributed by atoms with Crippen molar-refractivity contribution in [3.8, 4) is 11.3 Å². The normalized spacial score (nSPS) is 16.2. The van der Waals surface area contributed by atoms with E-state index in [1.54, 1.807) is 10.8 Å². The van der Waals surface area contributed by atoms with Crippen LogP contribution in [0.25, 0.3) is 50.2 Å². The van der Waals surface area contributed by atoms with Crippen LogP contribution in [0.5, 0.6) is 0 Å². The van der Waals surface area contributed by atoms with E-state index in [0.29, 0.717) is 12.0 Å². The maximum Gasteiger partial charge on any atom is 0.113 e. The molecule has 5 heterocycles. The van der Waals surface area contributed by atoms with Crippen LogP contribution in [0.1, 0.15) is 31.5 Å². The molecule has 1 aliphatic heterocycles. The van der Waals surface area contributed by atoms with Gasteiger partial charge in [0.05, 0.1) is 34.0 Å². The van der Waals surface area contributed by atoms with Gasteiger partial charge in [0.2, 0.25) is 0 Å². The number of ether oxygens (including phenoxy) is 1. The fourth-order valence-corrected chi connectivity index (χ4v) is 5.45. The van der Waals surface area contributed by atoms with Crippen LogP contribution < -0.4 is 0 Å². The lowest BCUT2D eigenvalue weighted by Gasteiger charge is -2.30. The molecule has 168 valence electrons. The summed E-state index contributed by atoms with van der Waals surface area (Å²) in [6, 6.07) is 6.92. The summed E-state index contributed by atoms with van der Waals surface area (Å²) in [4.78, 5) is 5.00. The molecule has 0 spiro atoms. The van der Waals surface area contributed by atoms with Gasteiger partial charge in [-0.05, 0) is 50.0 Å². The van der Waals surface area contributed by atoms with Crippen molar-refractivity contribution in [1.82, 2.24) is 34.3 Å². The molecule has 0 bridgehead atoms. The zero-order valence-electron chi connectivity index (χ0n) is 19.2. The molecule has 1 fully saturated rings. The second kappa shape index (κ2) is 7.52. The van der Waals surface area contributed by atoms with Gasteiger partial charge in [-0.2, -0.15) is 5.10 Å². The Kier molecular flexibility index (Phi) is 4.58. The SMILES string of the molecule is C=Cc1nnn(C)c1-c1cnc2c3c4cnn(C)c4ccc3n([C@H](C)C3CCOCC3)c2c1. The minimum absolute atomic E-state index is 0.309. The third-order valence-corrected chi connectivity index (χ3v) is 7.21. The molecule has 1 aromatic carbocycles. The van der Waals surface area contributed by atoms with Crippen LogP contribution in [-0.2, 0) is 18.8 Å². The summed E-state index contributed by atoms with van der Waals surface area (Å²) >= 11 is 0. The van der Waals surface area contributed by atoms with Gasteiger partial charge in [0.1, 0.15) is 5.69 Å². The van der Waals surface area contributed by atoms with Gasteiger partial charge < -0.3 is 9.30 Å². The molecule has 0 N–H and O–H groups in total. The first-order valence-electron chi connectivity index (χ1n) is 11.4. The van der Waals surface area contributed by atoms with Crippen molar-refractivity contribution in [2.24, 2.45) is 20.0 Å². The molecule has 6 rings (SSSR count). The summed E-state index contributed by atoms with van der Waals surface area (Å²) < 4.78 is 11.8. The fourth-order valence-electron chi connectivity index (χ4n) is 5.45. The average molecular weight is 442 g/mol. The van der Waals surface area contributed by atoms with Crippen molar-refractivity contribution >= 4 is 38.9 Å². The Morgan fingerprint density at radius 1 is 1.09 bits per heavy atom. The molecular weight excluding hydrogens is 414 g/mol. The van der Waals surface area contributed by atoms with Crippen LogP contribution in [-0.4, -0.2) is 47.5 Å². The summed E-state index contributed by atoms with van der Waals surface area (Å²) in [6.07, 6.45) is 7.75. The number of nitrogens with zero attached hydrogens (tertiary/aromatic N) is 7. The minimum Gasteiger partial charge on any atom is -0.381 e. The predicted molar refractivity (Wildman–Crippen MR) is 130 cm³/mol. The lowest BCUT2D eigenvalue weighted by atomic mass is 9.92. The molecule has 4 aromatic heterocycles. The average Bonchev–Trinajstić information content (AvgIpc) is 3.51. The maximum atomic E-state index is 5.65. The fraction of sp³-hybridized carbons (Fsp3) is 0.360. The number of hydrogen-bond acceptors (Lipinski definition) is 5. The van der Waals surface area contributed by atoms with Crippen LogP contribution >= 0.6 is 0 Å². The van der Waals surface area contributed by atoms with Gasteiger partial charge in [0.15, 0.2) is 0 Å². The van der Waals surface area contributed by atoms with Crippen LogP contribution in [0.2, 0.25) is 0 Å². The minimum atomic E-state index is 0.309. The Morgan fingerprint density at radius 3 is 2.67 bits per heavy atom. The highest BCUT2D eigenvalue weighted by molar-refractivity contribution is 6.19. The zero-order chi connectivity index (χ0) is 22.7. The largest absolute Gasteiger partial charge is 0.381 e. The number of benzene rings is 1. The van der Waals surface area contributed by atoms with E-state index in [9.17, 15) is 0 Å². The molecule has 1 atom stereocenters. The number of pyridine rings is 1. The Morgan fingerprint density at radius 2 is 1.88 bits per heavy atom. The molecule has 8 nitrogen and oxygen atoms in total. The van der Waals surface area contributed by atoms with E-state index in [1.165, 1.54) is 5.52 Å². The monoisotopic (exact) mass is 441 g/mol. The van der Waals surface area contributed by atoms with Crippen LogP contribution in [0.15, 0.2) is 37.2 Å². The number of aromatic nitrogens is 7. The maximum absolute atomic E-state index is 5.65. The van der Waals surface area contributed by atoms with E-state index in [2.05, 4.69) is 51.7 Å². The molecule has 1 aliphatic rings. The Labute approximate surface area is 191 Å². The molecule has 8 heteroatoms. The number of fused-ring (bicyclic) bond motifs is 5. The summed E-state index contributed by atoms with van der Waals surface area (Å²) in [6.45, 7) is 7.89. The molecule has 33 heavy (non-hydrogen) atoms. The standard InChI is InChI=1S/C25H27N7O/c1-5-19-25(31(4)29-28-19)17-12-22-24(26-13-17)23-18-14-27-30(3)20(18)6-7-21(23)32(22)15(2)16-8-10-33-11-9-16/h5-7,12-16H,1,8-11H2,2-4H3/t15-/m1/s1. The van der Waals surface area contributed by atoms with Crippen molar-refractivity contribution in [3.63, 3.8) is 0 Å². The van der Waals surface area contributed by atoms with Crippen LogP contribution in [0, 0.1) is 5.92 Å². The van der Waals surface area contributed by atoms with Gasteiger partial charge in [0.25, 0.3) is 0 Å². The van der Waals surface area contributed by atoms with E-state index in [4.69, 9.17) is 9.72 Å². The van der Waals surface area contributed by atoms with Crippen molar-refractivity contribution in [2.45, 2.75) is 25.8 Å². The third kappa shape index (κ3) is 2.94. The first-order chi connectivity index (χ1) is 16.1. The Hall–Kier alpha value is -3.52. The zero-order valence-corrected chi connectivity index (χ0v) is 19.2. The molecule has 0 unspecified atom stereocenters. The van der Waals surface area contributed by atoms with Gasteiger partial charge in [-0.1, -0.05) is 11.8 Å². The first-order valence-corrected chi connectivity index (χ1v) is 11.4. The lowest BCUT2D eigenvalue weighted by molar-refractivity contribution is 0.0525. The van der Waals surface area contributed by atoms with Gasteiger partial charge in [0, 0.05) is 55.9 Å².